The van der Waals surface area contributed by atoms with Crippen molar-refractivity contribution in [3.63, 3.8) is 0 Å². The zero-order valence-corrected chi connectivity index (χ0v) is 10.9. The van der Waals surface area contributed by atoms with E-state index < -0.39 is 6.10 Å². The van der Waals surface area contributed by atoms with Gasteiger partial charge in [0, 0.05) is 0 Å². The average Bonchev–Trinajstić information content (AvgIpc) is 2.30. The molecule has 0 saturated heterocycles. The van der Waals surface area contributed by atoms with E-state index in [0.717, 1.165) is 18.4 Å². The molecule has 0 fully saturated rings. The lowest BCUT2D eigenvalue weighted by atomic mass is 10.1. The van der Waals surface area contributed by atoms with Crippen LogP contribution in [0.2, 0.25) is 0 Å². The first-order valence-corrected chi connectivity index (χ1v) is 5.69. The topological polar surface area (TPSA) is 52.3 Å². The van der Waals surface area contributed by atoms with Gasteiger partial charge in [0.05, 0.1) is 6.61 Å². The molecular weight excluding hydrogens is 238 g/mol. The van der Waals surface area contributed by atoms with Crippen molar-refractivity contribution < 1.29 is 9.53 Å². The van der Waals surface area contributed by atoms with E-state index >= 15 is 0 Å². The summed E-state index contributed by atoms with van der Waals surface area (Å²) in [5.74, 6) is -0.371. The molecule has 0 aliphatic rings. The highest BCUT2D eigenvalue weighted by molar-refractivity contribution is 5.85. The smallest absolute Gasteiger partial charge is 0.246 e. The SMILES string of the molecule is CCCCC(OCc1ccccc1)C(N)=O.Cl. The van der Waals surface area contributed by atoms with Crippen LogP contribution in [0.1, 0.15) is 31.7 Å². The molecule has 0 spiro atoms. The summed E-state index contributed by atoms with van der Waals surface area (Å²) in [5, 5.41) is 0. The number of halogens is 1. The molecule has 0 radical (unpaired) electrons. The van der Waals surface area contributed by atoms with Crippen LogP contribution in [0, 0.1) is 0 Å². The van der Waals surface area contributed by atoms with Crippen LogP contribution in [0.4, 0.5) is 0 Å². The van der Waals surface area contributed by atoms with Crippen LogP contribution in [0.5, 0.6) is 0 Å². The normalized spacial score (nSPS) is 11.6. The third-order valence-electron chi connectivity index (χ3n) is 2.43. The summed E-state index contributed by atoms with van der Waals surface area (Å²) in [6.45, 7) is 2.52. The van der Waals surface area contributed by atoms with Crippen molar-refractivity contribution in [1.82, 2.24) is 0 Å². The molecule has 1 aromatic rings. The van der Waals surface area contributed by atoms with E-state index in [1.807, 2.05) is 30.3 Å². The van der Waals surface area contributed by atoms with Gasteiger partial charge >= 0.3 is 0 Å². The van der Waals surface area contributed by atoms with E-state index in [1.165, 1.54) is 0 Å². The summed E-state index contributed by atoms with van der Waals surface area (Å²) < 4.78 is 5.52. The highest BCUT2D eigenvalue weighted by Gasteiger charge is 2.14. The second kappa shape index (κ2) is 9.02. The van der Waals surface area contributed by atoms with Crippen molar-refractivity contribution in [3.05, 3.63) is 35.9 Å². The minimum absolute atomic E-state index is 0. The Balaban J connectivity index is 0.00000256. The van der Waals surface area contributed by atoms with E-state index in [4.69, 9.17) is 10.5 Å². The lowest BCUT2D eigenvalue weighted by Crippen LogP contribution is -2.31. The van der Waals surface area contributed by atoms with Gasteiger partial charge in [-0.05, 0) is 12.0 Å². The van der Waals surface area contributed by atoms with Crippen molar-refractivity contribution in [2.45, 2.75) is 38.9 Å². The Morgan fingerprint density at radius 3 is 2.53 bits per heavy atom. The van der Waals surface area contributed by atoms with Crippen molar-refractivity contribution in [1.29, 1.82) is 0 Å². The zero-order chi connectivity index (χ0) is 11.8. The minimum atomic E-state index is -0.458. The van der Waals surface area contributed by atoms with Gasteiger partial charge < -0.3 is 10.5 Å². The van der Waals surface area contributed by atoms with E-state index in [1.54, 1.807) is 0 Å². The van der Waals surface area contributed by atoms with Crippen LogP contribution in [0.15, 0.2) is 30.3 Å². The number of hydrogen-bond donors (Lipinski definition) is 1. The lowest BCUT2D eigenvalue weighted by Gasteiger charge is -2.14. The van der Waals surface area contributed by atoms with E-state index in [0.29, 0.717) is 13.0 Å². The summed E-state index contributed by atoms with van der Waals surface area (Å²) in [4.78, 5) is 11.1. The molecule has 1 rings (SSSR count). The summed E-state index contributed by atoms with van der Waals surface area (Å²) in [5.41, 5.74) is 6.34. The molecule has 0 aliphatic heterocycles. The fraction of sp³-hybridized carbons (Fsp3) is 0.462. The molecule has 0 saturated carbocycles. The van der Waals surface area contributed by atoms with Gasteiger partial charge in [0.25, 0.3) is 0 Å². The van der Waals surface area contributed by atoms with Gasteiger partial charge in [-0.15, -0.1) is 12.4 Å². The predicted molar refractivity (Wildman–Crippen MR) is 71.0 cm³/mol. The third-order valence-corrected chi connectivity index (χ3v) is 2.43. The van der Waals surface area contributed by atoms with Gasteiger partial charge in [-0.25, -0.2) is 0 Å². The van der Waals surface area contributed by atoms with Gasteiger partial charge in [0.2, 0.25) is 5.91 Å². The monoisotopic (exact) mass is 257 g/mol. The van der Waals surface area contributed by atoms with Crippen LogP contribution in [0.3, 0.4) is 0 Å². The Morgan fingerprint density at radius 2 is 2.00 bits per heavy atom. The molecule has 1 unspecified atom stereocenters. The minimum Gasteiger partial charge on any atom is -0.367 e. The maximum Gasteiger partial charge on any atom is 0.246 e. The summed E-state index contributed by atoms with van der Waals surface area (Å²) in [6.07, 6.45) is 2.25. The Bertz CT molecular complexity index is 316. The Hall–Kier alpha value is -1.06. The number of benzene rings is 1. The zero-order valence-electron chi connectivity index (χ0n) is 10.1. The first kappa shape index (κ1) is 15.9. The number of amides is 1. The molecule has 1 amide bonds. The fourth-order valence-electron chi connectivity index (χ4n) is 1.47. The van der Waals surface area contributed by atoms with Gasteiger partial charge in [0.1, 0.15) is 6.10 Å². The van der Waals surface area contributed by atoms with E-state index in [2.05, 4.69) is 6.92 Å². The number of primary amides is 1. The van der Waals surface area contributed by atoms with E-state index in [9.17, 15) is 4.79 Å². The number of carbonyl (C=O) groups excluding carboxylic acids is 1. The Morgan fingerprint density at radius 1 is 1.35 bits per heavy atom. The van der Waals surface area contributed by atoms with Crippen molar-refractivity contribution >= 4 is 18.3 Å². The molecule has 1 atom stereocenters. The summed E-state index contributed by atoms with van der Waals surface area (Å²) in [7, 11) is 0. The molecular formula is C13H20ClNO2. The van der Waals surface area contributed by atoms with Gasteiger partial charge in [-0.3, -0.25) is 4.79 Å². The van der Waals surface area contributed by atoms with E-state index in [-0.39, 0.29) is 18.3 Å². The fourth-order valence-corrected chi connectivity index (χ4v) is 1.47. The lowest BCUT2D eigenvalue weighted by molar-refractivity contribution is -0.130. The first-order chi connectivity index (χ1) is 7.74. The Kier molecular flexibility index (Phi) is 8.46. The molecule has 4 heteroatoms. The number of hydrogen-bond acceptors (Lipinski definition) is 2. The number of ether oxygens (including phenoxy) is 1. The maximum absolute atomic E-state index is 11.1. The van der Waals surface area contributed by atoms with Crippen molar-refractivity contribution in [2.75, 3.05) is 0 Å². The molecule has 0 heterocycles. The van der Waals surface area contributed by atoms with Crippen molar-refractivity contribution in [2.24, 2.45) is 5.73 Å². The standard InChI is InChI=1S/C13H19NO2.ClH/c1-2-3-9-12(13(14)15)16-10-11-7-5-4-6-8-11;/h4-8,12H,2-3,9-10H2,1H3,(H2,14,15);1H. The quantitative estimate of drug-likeness (QED) is 0.817. The molecule has 0 aliphatic carbocycles. The third kappa shape index (κ3) is 6.29. The largest absolute Gasteiger partial charge is 0.367 e. The van der Waals surface area contributed by atoms with Crippen LogP contribution >= 0.6 is 12.4 Å². The van der Waals surface area contributed by atoms with Crippen molar-refractivity contribution in [3.8, 4) is 0 Å². The highest BCUT2D eigenvalue weighted by Crippen LogP contribution is 2.08. The second-order valence-electron chi connectivity index (χ2n) is 3.83. The average molecular weight is 258 g/mol. The number of carbonyl (C=O) groups is 1. The van der Waals surface area contributed by atoms with Gasteiger partial charge in [-0.1, -0.05) is 50.1 Å². The highest BCUT2D eigenvalue weighted by atomic mass is 35.5. The Labute approximate surface area is 109 Å². The molecule has 0 bridgehead atoms. The molecule has 96 valence electrons. The number of nitrogens with two attached hydrogens (primary N) is 1. The summed E-state index contributed by atoms with van der Waals surface area (Å²) in [6, 6.07) is 9.79. The molecule has 17 heavy (non-hydrogen) atoms. The first-order valence-electron chi connectivity index (χ1n) is 5.69. The van der Waals surface area contributed by atoms with Gasteiger partial charge in [0.15, 0.2) is 0 Å². The molecule has 0 aromatic heterocycles. The number of rotatable bonds is 7. The molecule has 1 aromatic carbocycles. The molecule has 3 nitrogen and oxygen atoms in total. The second-order valence-corrected chi connectivity index (χ2v) is 3.83. The van der Waals surface area contributed by atoms with Gasteiger partial charge in [-0.2, -0.15) is 0 Å². The van der Waals surface area contributed by atoms with Crippen LogP contribution in [0.25, 0.3) is 0 Å². The maximum atomic E-state index is 11.1. The van der Waals surface area contributed by atoms with Crippen LogP contribution < -0.4 is 5.73 Å². The number of unbranched alkanes of at least 4 members (excludes halogenated alkanes) is 1. The van der Waals surface area contributed by atoms with Crippen LogP contribution in [-0.2, 0) is 16.1 Å². The van der Waals surface area contributed by atoms with Crippen LogP contribution in [-0.4, -0.2) is 12.0 Å². The predicted octanol–water partition coefficient (Wildman–Crippen LogP) is 2.67. The summed E-state index contributed by atoms with van der Waals surface area (Å²) >= 11 is 0. The molecule has 2 N–H and O–H groups in total.